The minimum absolute atomic E-state index is 0.0365. The zero-order chi connectivity index (χ0) is 24.9. The largest absolute Gasteiger partial charge is 0.492 e. The average Bonchev–Trinajstić information content (AvgIpc) is 2.87. The average molecular weight is 515 g/mol. The van der Waals surface area contributed by atoms with E-state index in [1.165, 1.54) is 0 Å². The van der Waals surface area contributed by atoms with Gasteiger partial charge in [-0.15, -0.1) is 0 Å². The van der Waals surface area contributed by atoms with Gasteiger partial charge in [0.15, 0.2) is 11.6 Å². The quantitative estimate of drug-likeness (QED) is 0.449. The van der Waals surface area contributed by atoms with Crippen LogP contribution in [0.15, 0.2) is 48.7 Å². The van der Waals surface area contributed by atoms with Crippen molar-refractivity contribution in [1.82, 2.24) is 15.2 Å². The number of nitrogens with one attached hydrogen (secondary N) is 1. The fourth-order valence-corrected chi connectivity index (χ4v) is 4.73. The lowest BCUT2D eigenvalue weighted by molar-refractivity contribution is 0.0736. The van der Waals surface area contributed by atoms with Gasteiger partial charge in [0.25, 0.3) is 5.91 Å². The Morgan fingerprint density at radius 1 is 1.11 bits per heavy atom. The minimum atomic E-state index is -0.506. The Morgan fingerprint density at radius 2 is 1.83 bits per heavy atom. The van der Waals surface area contributed by atoms with Gasteiger partial charge in [0.1, 0.15) is 11.9 Å². The molecule has 3 N–H and O–H groups in total. The molecular weight excluding hydrogens is 487 g/mol. The topological polar surface area (TPSA) is 89.7 Å². The van der Waals surface area contributed by atoms with Crippen molar-refractivity contribution in [3.05, 3.63) is 69.8 Å². The number of anilines is 1. The van der Waals surface area contributed by atoms with Crippen molar-refractivity contribution in [3.8, 4) is 22.6 Å². The molecule has 9 heteroatoms. The summed E-state index contributed by atoms with van der Waals surface area (Å²) in [4.78, 5) is 18.9. The molecule has 2 aromatic carbocycles. The number of carbonyl (C=O) groups is 1. The van der Waals surface area contributed by atoms with Crippen LogP contribution < -0.4 is 20.5 Å². The third-order valence-corrected chi connectivity index (χ3v) is 6.57. The first-order valence-corrected chi connectivity index (χ1v) is 12.3. The minimum Gasteiger partial charge on any atom is -0.492 e. The second kappa shape index (κ2) is 11.2. The zero-order valence-corrected chi connectivity index (χ0v) is 21.2. The fourth-order valence-electron chi connectivity index (χ4n) is 4.00. The molecule has 1 saturated heterocycles. The highest BCUT2D eigenvalue weighted by Crippen LogP contribution is 2.40. The van der Waals surface area contributed by atoms with Gasteiger partial charge in [0, 0.05) is 54.1 Å². The standard InChI is InChI=1S/C26H28Cl2N4O3/c1-3-34-21-9-8-20(27)23(24(21)28)16(2)35-22-14-19(15-31-25(22)29)17-4-6-18(7-5-17)26(33)32-12-10-30-11-13-32/h4-9,14-16,30H,3,10-13H2,1-2H3,(H2,29,31). The SMILES string of the molecule is CCOc1ccc(Cl)c(C(C)Oc2cc(-c3ccc(C(=O)N4CCNCC4)cc3)cnc2N)c1Cl. The van der Waals surface area contributed by atoms with Crippen LogP contribution in [0.25, 0.3) is 11.1 Å². The summed E-state index contributed by atoms with van der Waals surface area (Å²) in [5.41, 5.74) is 9.08. The summed E-state index contributed by atoms with van der Waals surface area (Å²) in [6, 6.07) is 12.7. The molecule has 1 fully saturated rings. The number of benzene rings is 2. The van der Waals surface area contributed by atoms with E-state index in [-0.39, 0.29) is 11.7 Å². The molecule has 0 aliphatic carbocycles. The van der Waals surface area contributed by atoms with Crippen molar-refractivity contribution >= 4 is 34.9 Å². The Hall–Kier alpha value is -3.00. The molecule has 0 radical (unpaired) electrons. The van der Waals surface area contributed by atoms with E-state index in [4.69, 9.17) is 38.4 Å². The predicted octanol–water partition coefficient (Wildman–Crippen LogP) is 5.22. The summed E-state index contributed by atoms with van der Waals surface area (Å²) in [6.45, 7) is 7.25. The molecule has 4 rings (SSSR count). The van der Waals surface area contributed by atoms with Crippen LogP contribution in [-0.2, 0) is 0 Å². The van der Waals surface area contributed by atoms with Crippen LogP contribution in [0.5, 0.6) is 11.5 Å². The van der Waals surface area contributed by atoms with E-state index >= 15 is 0 Å². The number of carbonyl (C=O) groups excluding carboxylic acids is 1. The van der Waals surface area contributed by atoms with E-state index < -0.39 is 6.10 Å². The predicted molar refractivity (Wildman–Crippen MR) is 140 cm³/mol. The highest BCUT2D eigenvalue weighted by Gasteiger charge is 2.21. The number of piperazine rings is 1. The highest BCUT2D eigenvalue weighted by molar-refractivity contribution is 6.37. The van der Waals surface area contributed by atoms with Gasteiger partial charge < -0.3 is 25.4 Å². The second-order valence-corrected chi connectivity index (χ2v) is 8.98. The first-order chi connectivity index (χ1) is 16.9. The van der Waals surface area contributed by atoms with Gasteiger partial charge in [-0.3, -0.25) is 4.79 Å². The van der Waals surface area contributed by atoms with Crippen LogP contribution in [0.4, 0.5) is 5.82 Å². The first-order valence-electron chi connectivity index (χ1n) is 11.5. The number of nitrogen functional groups attached to an aromatic ring is 1. The summed E-state index contributed by atoms with van der Waals surface area (Å²) in [5.74, 6) is 1.23. The van der Waals surface area contributed by atoms with Crippen molar-refractivity contribution in [2.75, 3.05) is 38.5 Å². The van der Waals surface area contributed by atoms with Crippen LogP contribution in [0.3, 0.4) is 0 Å². The van der Waals surface area contributed by atoms with E-state index in [1.54, 1.807) is 18.3 Å². The van der Waals surface area contributed by atoms with Gasteiger partial charge >= 0.3 is 0 Å². The number of nitrogens with zero attached hydrogens (tertiary/aromatic N) is 2. The van der Waals surface area contributed by atoms with Gasteiger partial charge in [-0.25, -0.2) is 4.98 Å². The first kappa shape index (κ1) is 25.1. The molecule has 0 spiro atoms. The molecule has 1 unspecified atom stereocenters. The summed E-state index contributed by atoms with van der Waals surface area (Å²) >= 11 is 13.0. The Balaban J connectivity index is 1.54. The van der Waals surface area contributed by atoms with E-state index in [9.17, 15) is 4.79 Å². The van der Waals surface area contributed by atoms with Crippen molar-refractivity contribution in [3.63, 3.8) is 0 Å². The zero-order valence-electron chi connectivity index (χ0n) is 19.7. The fraction of sp³-hybridized carbons (Fsp3) is 0.308. The lowest BCUT2D eigenvalue weighted by atomic mass is 10.0. The van der Waals surface area contributed by atoms with Gasteiger partial charge in [-0.1, -0.05) is 35.3 Å². The second-order valence-electron chi connectivity index (χ2n) is 8.19. The normalized spacial score (nSPS) is 14.5. The Bertz CT molecular complexity index is 1200. The van der Waals surface area contributed by atoms with Crippen LogP contribution in [0.2, 0.25) is 10.0 Å². The monoisotopic (exact) mass is 514 g/mol. The molecule has 1 aliphatic heterocycles. The van der Waals surface area contributed by atoms with Crippen LogP contribution in [0.1, 0.15) is 35.9 Å². The molecule has 1 amide bonds. The van der Waals surface area contributed by atoms with Gasteiger partial charge in [0.05, 0.1) is 11.6 Å². The molecule has 1 aliphatic rings. The maximum atomic E-state index is 12.7. The molecule has 1 aromatic heterocycles. The number of amides is 1. The van der Waals surface area contributed by atoms with Gasteiger partial charge in [-0.05, 0) is 49.7 Å². The van der Waals surface area contributed by atoms with Gasteiger partial charge in [0.2, 0.25) is 0 Å². The summed E-state index contributed by atoms with van der Waals surface area (Å²) in [6.07, 6.45) is 1.17. The number of hydrogen-bond donors (Lipinski definition) is 2. The number of ether oxygens (including phenoxy) is 2. The number of rotatable bonds is 7. The lowest BCUT2D eigenvalue weighted by Gasteiger charge is -2.27. The Kier molecular flexibility index (Phi) is 8.00. The highest BCUT2D eigenvalue weighted by atomic mass is 35.5. The molecular formula is C26H28Cl2N4O3. The van der Waals surface area contributed by atoms with Crippen molar-refractivity contribution in [2.24, 2.45) is 0 Å². The molecule has 7 nitrogen and oxygen atoms in total. The molecule has 2 heterocycles. The molecule has 35 heavy (non-hydrogen) atoms. The van der Waals surface area contributed by atoms with Crippen LogP contribution >= 0.6 is 23.2 Å². The molecule has 3 aromatic rings. The molecule has 0 bridgehead atoms. The smallest absolute Gasteiger partial charge is 0.253 e. The maximum absolute atomic E-state index is 12.7. The van der Waals surface area contributed by atoms with Crippen molar-refractivity contribution in [2.45, 2.75) is 20.0 Å². The van der Waals surface area contributed by atoms with Crippen molar-refractivity contribution < 1.29 is 14.3 Å². The van der Waals surface area contributed by atoms with Crippen molar-refractivity contribution in [1.29, 1.82) is 0 Å². The number of hydrogen-bond acceptors (Lipinski definition) is 6. The number of aromatic nitrogens is 1. The number of pyridine rings is 1. The summed E-state index contributed by atoms with van der Waals surface area (Å²) < 4.78 is 11.7. The third kappa shape index (κ3) is 5.64. The van der Waals surface area contributed by atoms with E-state index in [1.807, 2.05) is 49.1 Å². The number of nitrogens with two attached hydrogens (primary N) is 1. The summed E-state index contributed by atoms with van der Waals surface area (Å²) in [7, 11) is 0. The molecule has 0 saturated carbocycles. The van der Waals surface area contributed by atoms with E-state index in [2.05, 4.69) is 10.3 Å². The van der Waals surface area contributed by atoms with E-state index in [0.29, 0.717) is 52.4 Å². The summed E-state index contributed by atoms with van der Waals surface area (Å²) in [5, 5.41) is 4.13. The Morgan fingerprint density at radius 3 is 2.51 bits per heavy atom. The lowest BCUT2D eigenvalue weighted by Crippen LogP contribution is -2.46. The van der Waals surface area contributed by atoms with E-state index in [0.717, 1.165) is 24.2 Å². The van der Waals surface area contributed by atoms with Crippen LogP contribution in [0, 0.1) is 0 Å². The molecule has 1 atom stereocenters. The molecule has 184 valence electrons. The van der Waals surface area contributed by atoms with Crippen LogP contribution in [-0.4, -0.2) is 48.6 Å². The Labute approximate surface area is 215 Å². The van der Waals surface area contributed by atoms with Gasteiger partial charge in [-0.2, -0.15) is 0 Å². The maximum Gasteiger partial charge on any atom is 0.253 e. The number of halogens is 2. The third-order valence-electron chi connectivity index (χ3n) is 5.85.